The molecular formula is C18H14N2O. The second-order valence-corrected chi connectivity index (χ2v) is 5.14. The predicted molar refractivity (Wildman–Crippen MR) is 81.6 cm³/mol. The van der Waals surface area contributed by atoms with E-state index in [0.717, 1.165) is 22.0 Å². The molecule has 0 spiro atoms. The zero-order chi connectivity index (χ0) is 14.9. The number of hydrogen-bond acceptors (Lipinski definition) is 3. The van der Waals surface area contributed by atoms with Crippen molar-refractivity contribution in [2.75, 3.05) is 0 Å². The van der Waals surface area contributed by atoms with Crippen molar-refractivity contribution in [3.8, 4) is 6.07 Å². The average Bonchev–Trinajstić information content (AvgIpc) is 2.54. The Morgan fingerprint density at radius 2 is 1.81 bits per heavy atom. The number of benzene rings is 2. The Morgan fingerprint density at radius 3 is 2.52 bits per heavy atom. The third-order valence-electron chi connectivity index (χ3n) is 3.75. The topological polar surface area (TPSA) is 56.9 Å². The summed E-state index contributed by atoms with van der Waals surface area (Å²) in [4.78, 5) is 4.32. The van der Waals surface area contributed by atoms with Crippen LogP contribution in [-0.4, -0.2) is 10.1 Å². The van der Waals surface area contributed by atoms with Gasteiger partial charge in [0.25, 0.3) is 0 Å². The molecule has 0 radical (unpaired) electrons. The number of aliphatic hydroxyl groups is 1. The van der Waals surface area contributed by atoms with Crippen LogP contribution in [0.3, 0.4) is 0 Å². The Morgan fingerprint density at radius 1 is 1.05 bits per heavy atom. The summed E-state index contributed by atoms with van der Waals surface area (Å²) >= 11 is 0. The molecule has 1 atom stereocenters. The number of nitriles is 1. The Hall–Kier alpha value is -2.70. The van der Waals surface area contributed by atoms with Gasteiger partial charge in [0.05, 0.1) is 17.1 Å². The van der Waals surface area contributed by atoms with Crippen molar-refractivity contribution in [3.05, 3.63) is 77.5 Å². The SMILES string of the molecule is CC(O)(c1ccc(C#N)cc1)c1cccc2ncccc12. The van der Waals surface area contributed by atoms with E-state index in [2.05, 4.69) is 11.1 Å². The summed E-state index contributed by atoms with van der Waals surface area (Å²) in [6, 6.07) is 18.6. The first-order valence-electron chi connectivity index (χ1n) is 6.70. The van der Waals surface area contributed by atoms with Crippen molar-refractivity contribution < 1.29 is 5.11 Å². The van der Waals surface area contributed by atoms with Crippen LogP contribution in [0.2, 0.25) is 0 Å². The molecule has 3 rings (SSSR count). The maximum atomic E-state index is 11.0. The lowest BCUT2D eigenvalue weighted by Gasteiger charge is -2.26. The highest BCUT2D eigenvalue weighted by molar-refractivity contribution is 5.83. The number of pyridine rings is 1. The van der Waals surface area contributed by atoms with E-state index in [9.17, 15) is 5.11 Å². The van der Waals surface area contributed by atoms with Crippen LogP contribution >= 0.6 is 0 Å². The van der Waals surface area contributed by atoms with Gasteiger partial charge in [-0.1, -0.05) is 30.3 Å². The molecule has 0 fully saturated rings. The molecule has 0 aliphatic heterocycles. The Kier molecular flexibility index (Phi) is 3.17. The zero-order valence-electron chi connectivity index (χ0n) is 11.6. The number of rotatable bonds is 2. The van der Waals surface area contributed by atoms with Gasteiger partial charge in [-0.05, 0) is 42.3 Å². The third-order valence-corrected chi connectivity index (χ3v) is 3.75. The lowest BCUT2D eigenvalue weighted by atomic mass is 9.85. The minimum absolute atomic E-state index is 0.578. The van der Waals surface area contributed by atoms with Gasteiger partial charge >= 0.3 is 0 Å². The molecule has 1 unspecified atom stereocenters. The minimum atomic E-state index is -1.14. The van der Waals surface area contributed by atoms with Gasteiger partial charge < -0.3 is 5.11 Å². The molecule has 1 heterocycles. The van der Waals surface area contributed by atoms with Gasteiger partial charge in [-0.15, -0.1) is 0 Å². The van der Waals surface area contributed by atoms with Gasteiger partial charge in [0.1, 0.15) is 5.60 Å². The molecule has 102 valence electrons. The summed E-state index contributed by atoms with van der Waals surface area (Å²) in [6.07, 6.45) is 1.74. The van der Waals surface area contributed by atoms with Gasteiger partial charge in [-0.25, -0.2) is 0 Å². The van der Waals surface area contributed by atoms with E-state index in [4.69, 9.17) is 5.26 Å². The normalized spacial score (nSPS) is 13.6. The van der Waals surface area contributed by atoms with Crippen LogP contribution in [-0.2, 0) is 5.60 Å². The van der Waals surface area contributed by atoms with Crippen LogP contribution in [0.5, 0.6) is 0 Å². The first-order chi connectivity index (χ1) is 10.1. The molecule has 3 aromatic rings. The van der Waals surface area contributed by atoms with Crippen molar-refractivity contribution in [2.45, 2.75) is 12.5 Å². The number of hydrogen-bond donors (Lipinski definition) is 1. The summed E-state index contributed by atoms with van der Waals surface area (Å²) < 4.78 is 0. The molecule has 0 saturated heterocycles. The molecule has 3 nitrogen and oxygen atoms in total. The molecule has 3 heteroatoms. The van der Waals surface area contributed by atoms with Crippen LogP contribution in [0, 0.1) is 11.3 Å². The predicted octanol–water partition coefficient (Wildman–Crippen LogP) is 3.36. The van der Waals surface area contributed by atoms with Gasteiger partial charge in [-0.3, -0.25) is 4.98 Å². The number of nitrogens with zero attached hydrogens (tertiary/aromatic N) is 2. The van der Waals surface area contributed by atoms with Crippen LogP contribution in [0.4, 0.5) is 0 Å². The molecule has 2 aromatic carbocycles. The summed E-state index contributed by atoms with van der Waals surface area (Å²) in [5, 5.41) is 20.8. The van der Waals surface area contributed by atoms with E-state index in [1.165, 1.54) is 0 Å². The fraction of sp³-hybridized carbons (Fsp3) is 0.111. The van der Waals surface area contributed by atoms with Crippen molar-refractivity contribution in [1.29, 1.82) is 5.26 Å². The van der Waals surface area contributed by atoms with Crippen molar-refractivity contribution in [1.82, 2.24) is 4.98 Å². The van der Waals surface area contributed by atoms with Gasteiger partial charge in [0, 0.05) is 11.6 Å². The van der Waals surface area contributed by atoms with Crippen molar-refractivity contribution in [2.24, 2.45) is 0 Å². The van der Waals surface area contributed by atoms with Crippen LogP contribution in [0.25, 0.3) is 10.9 Å². The monoisotopic (exact) mass is 274 g/mol. The highest BCUT2D eigenvalue weighted by Crippen LogP contribution is 2.33. The molecule has 21 heavy (non-hydrogen) atoms. The van der Waals surface area contributed by atoms with E-state index in [-0.39, 0.29) is 0 Å². The van der Waals surface area contributed by atoms with Crippen LogP contribution in [0.15, 0.2) is 60.8 Å². The summed E-state index contributed by atoms with van der Waals surface area (Å²) in [5.74, 6) is 0. The maximum absolute atomic E-state index is 11.0. The number of fused-ring (bicyclic) bond motifs is 1. The van der Waals surface area contributed by atoms with E-state index in [0.29, 0.717) is 5.56 Å². The first-order valence-corrected chi connectivity index (χ1v) is 6.70. The lowest BCUT2D eigenvalue weighted by molar-refractivity contribution is 0.104. The quantitative estimate of drug-likeness (QED) is 0.779. The molecule has 0 amide bonds. The Bertz CT molecular complexity index is 824. The van der Waals surface area contributed by atoms with Crippen LogP contribution < -0.4 is 0 Å². The largest absolute Gasteiger partial charge is 0.381 e. The summed E-state index contributed by atoms with van der Waals surface area (Å²) in [6.45, 7) is 1.76. The maximum Gasteiger partial charge on any atom is 0.112 e. The first kappa shape index (κ1) is 13.3. The smallest absolute Gasteiger partial charge is 0.112 e. The second kappa shape index (κ2) is 5.01. The Balaban J connectivity index is 2.17. The van der Waals surface area contributed by atoms with E-state index >= 15 is 0 Å². The zero-order valence-corrected chi connectivity index (χ0v) is 11.6. The van der Waals surface area contributed by atoms with Crippen molar-refractivity contribution in [3.63, 3.8) is 0 Å². The lowest BCUT2D eigenvalue weighted by Crippen LogP contribution is -2.23. The molecule has 1 aromatic heterocycles. The average molecular weight is 274 g/mol. The van der Waals surface area contributed by atoms with E-state index in [1.807, 2.05) is 30.3 Å². The second-order valence-electron chi connectivity index (χ2n) is 5.14. The van der Waals surface area contributed by atoms with E-state index in [1.54, 1.807) is 37.4 Å². The standard InChI is InChI=1S/C18H14N2O/c1-18(21,14-9-7-13(12-19)8-10-14)16-5-2-6-17-15(16)4-3-11-20-17/h2-11,21H,1H3. The molecule has 0 saturated carbocycles. The van der Waals surface area contributed by atoms with E-state index < -0.39 is 5.60 Å². The molecule has 1 N–H and O–H groups in total. The molecule has 0 aliphatic rings. The molecule has 0 aliphatic carbocycles. The minimum Gasteiger partial charge on any atom is -0.381 e. The van der Waals surface area contributed by atoms with Crippen LogP contribution in [0.1, 0.15) is 23.6 Å². The van der Waals surface area contributed by atoms with Gasteiger partial charge in [0.15, 0.2) is 0 Å². The Labute approximate surface area is 123 Å². The van der Waals surface area contributed by atoms with Crippen molar-refractivity contribution >= 4 is 10.9 Å². The highest BCUT2D eigenvalue weighted by atomic mass is 16.3. The third kappa shape index (κ3) is 2.26. The fourth-order valence-electron chi connectivity index (χ4n) is 2.55. The molecular weight excluding hydrogens is 260 g/mol. The summed E-state index contributed by atoms with van der Waals surface area (Å²) in [5.41, 5.74) is 1.84. The molecule has 0 bridgehead atoms. The van der Waals surface area contributed by atoms with Gasteiger partial charge in [-0.2, -0.15) is 5.26 Å². The highest BCUT2D eigenvalue weighted by Gasteiger charge is 2.27. The summed E-state index contributed by atoms with van der Waals surface area (Å²) in [7, 11) is 0. The van der Waals surface area contributed by atoms with Gasteiger partial charge in [0.2, 0.25) is 0 Å². The number of aromatic nitrogens is 1. The fourth-order valence-corrected chi connectivity index (χ4v) is 2.55.